The zero-order valence-corrected chi connectivity index (χ0v) is 17.3. The van der Waals surface area contributed by atoms with E-state index in [9.17, 15) is 0 Å². The fourth-order valence-electron chi connectivity index (χ4n) is 3.95. The van der Waals surface area contributed by atoms with Crippen molar-refractivity contribution in [2.75, 3.05) is 50.8 Å². The van der Waals surface area contributed by atoms with E-state index in [0.717, 1.165) is 62.8 Å². The first kappa shape index (κ1) is 19.6. The molecule has 0 spiro atoms. The molecule has 3 aromatic rings. The Kier molecular flexibility index (Phi) is 6.57. The largest absolute Gasteiger partial charge is 0.494 e. The molecule has 0 unspecified atom stereocenters. The Hall–Kier alpha value is -2.66. The average molecular weight is 394 g/mol. The fourth-order valence-corrected chi connectivity index (χ4v) is 3.95. The Morgan fingerprint density at radius 3 is 2.66 bits per heavy atom. The van der Waals surface area contributed by atoms with Crippen LogP contribution in [-0.4, -0.2) is 55.8 Å². The lowest BCUT2D eigenvalue weighted by Crippen LogP contribution is -2.46. The van der Waals surface area contributed by atoms with Crippen molar-refractivity contribution in [2.24, 2.45) is 0 Å². The summed E-state index contributed by atoms with van der Waals surface area (Å²) in [5.74, 6) is 1.94. The molecular formula is C24H31N3O2. The van der Waals surface area contributed by atoms with E-state index >= 15 is 0 Å². The Morgan fingerprint density at radius 2 is 1.79 bits per heavy atom. The van der Waals surface area contributed by atoms with Crippen LogP contribution >= 0.6 is 0 Å². The standard InChI is InChI=1S/C24H31N3O2/c1-2-28-24-8-4-3-7-23(24)27-16-14-26(15-17-27)13-5-6-18-29-21-10-9-20-11-12-25-22(20)19-21/h3-4,7-12,19,25H,2,5-6,13-18H2,1H3. The van der Waals surface area contributed by atoms with E-state index in [4.69, 9.17) is 9.47 Å². The molecule has 0 amide bonds. The second kappa shape index (κ2) is 9.70. The lowest BCUT2D eigenvalue weighted by molar-refractivity contribution is 0.238. The van der Waals surface area contributed by atoms with Crippen molar-refractivity contribution in [2.45, 2.75) is 19.8 Å². The van der Waals surface area contributed by atoms with Crippen molar-refractivity contribution < 1.29 is 9.47 Å². The van der Waals surface area contributed by atoms with Crippen molar-refractivity contribution in [1.29, 1.82) is 0 Å². The topological polar surface area (TPSA) is 40.7 Å². The monoisotopic (exact) mass is 393 g/mol. The first-order valence-corrected chi connectivity index (χ1v) is 10.7. The summed E-state index contributed by atoms with van der Waals surface area (Å²) >= 11 is 0. The molecule has 2 aromatic carbocycles. The highest BCUT2D eigenvalue weighted by Gasteiger charge is 2.19. The van der Waals surface area contributed by atoms with Crippen LogP contribution in [0.3, 0.4) is 0 Å². The molecule has 1 fully saturated rings. The Labute approximate surface area is 173 Å². The van der Waals surface area contributed by atoms with E-state index in [1.807, 2.05) is 19.2 Å². The van der Waals surface area contributed by atoms with Crippen LogP contribution in [0.2, 0.25) is 0 Å². The summed E-state index contributed by atoms with van der Waals surface area (Å²) in [6, 6.07) is 16.7. The number of fused-ring (bicyclic) bond motifs is 1. The molecule has 0 atom stereocenters. The van der Waals surface area contributed by atoms with E-state index in [0.29, 0.717) is 6.61 Å². The molecule has 2 heterocycles. The zero-order chi connectivity index (χ0) is 19.9. The molecule has 1 aliphatic heterocycles. The minimum Gasteiger partial charge on any atom is -0.494 e. The van der Waals surface area contributed by atoms with Crippen molar-refractivity contribution in [3.05, 3.63) is 54.7 Å². The van der Waals surface area contributed by atoms with Crippen LogP contribution in [0.1, 0.15) is 19.8 Å². The predicted molar refractivity (Wildman–Crippen MR) is 119 cm³/mol. The number of unbranched alkanes of at least 4 members (excludes halogenated alkanes) is 1. The van der Waals surface area contributed by atoms with Crippen LogP contribution in [0.5, 0.6) is 11.5 Å². The van der Waals surface area contributed by atoms with Gasteiger partial charge in [0.1, 0.15) is 11.5 Å². The number of aromatic nitrogens is 1. The Balaban J connectivity index is 1.16. The quantitative estimate of drug-likeness (QED) is 0.542. The molecule has 0 aliphatic carbocycles. The maximum absolute atomic E-state index is 5.92. The first-order valence-electron chi connectivity index (χ1n) is 10.7. The summed E-state index contributed by atoms with van der Waals surface area (Å²) in [7, 11) is 0. The number of anilines is 1. The number of para-hydroxylation sites is 2. The predicted octanol–water partition coefficient (Wildman–Crippen LogP) is 4.55. The van der Waals surface area contributed by atoms with Gasteiger partial charge in [0.15, 0.2) is 0 Å². The number of H-pyrrole nitrogens is 1. The number of benzene rings is 2. The highest BCUT2D eigenvalue weighted by molar-refractivity contribution is 5.80. The minimum atomic E-state index is 0.706. The van der Waals surface area contributed by atoms with Gasteiger partial charge in [0, 0.05) is 44.0 Å². The lowest BCUT2D eigenvalue weighted by Gasteiger charge is -2.36. The average Bonchev–Trinajstić information content (AvgIpc) is 3.23. The van der Waals surface area contributed by atoms with Crippen molar-refractivity contribution in [1.82, 2.24) is 9.88 Å². The van der Waals surface area contributed by atoms with Gasteiger partial charge in [-0.25, -0.2) is 0 Å². The van der Waals surface area contributed by atoms with E-state index < -0.39 is 0 Å². The number of piperazine rings is 1. The number of aromatic amines is 1. The molecule has 0 saturated carbocycles. The second-order valence-electron chi connectivity index (χ2n) is 7.51. The van der Waals surface area contributed by atoms with Crippen molar-refractivity contribution in [3.8, 4) is 11.5 Å². The molecule has 29 heavy (non-hydrogen) atoms. The van der Waals surface area contributed by atoms with E-state index in [2.05, 4.69) is 57.2 Å². The molecule has 5 nitrogen and oxygen atoms in total. The maximum atomic E-state index is 5.92. The first-order chi connectivity index (χ1) is 14.3. The van der Waals surface area contributed by atoms with Crippen LogP contribution in [0.25, 0.3) is 10.9 Å². The fraction of sp³-hybridized carbons (Fsp3) is 0.417. The molecule has 5 heteroatoms. The summed E-state index contributed by atoms with van der Waals surface area (Å²) in [5.41, 5.74) is 2.35. The van der Waals surface area contributed by atoms with Gasteiger partial charge in [0.25, 0.3) is 0 Å². The Morgan fingerprint density at radius 1 is 0.931 bits per heavy atom. The molecule has 1 N–H and O–H groups in total. The van der Waals surface area contributed by atoms with Crippen molar-refractivity contribution in [3.63, 3.8) is 0 Å². The van der Waals surface area contributed by atoms with E-state index in [1.54, 1.807) is 0 Å². The number of rotatable bonds is 9. The summed E-state index contributed by atoms with van der Waals surface area (Å²) < 4.78 is 11.7. The Bertz CT molecular complexity index is 900. The number of hydrogen-bond donors (Lipinski definition) is 1. The molecule has 1 aromatic heterocycles. The lowest BCUT2D eigenvalue weighted by atomic mass is 10.2. The molecular weight excluding hydrogens is 362 g/mol. The van der Waals surface area contributed by atoms with Gasteiger partial charge in [-0.15, -0.1) is 0 Å². The highest BCUT2D eigenvalue weighted by Crippen LogP contribution is 2.28. The number of nitrogens with zero attached hydrogens (tertiary/aromatic N) is 2. The summed E-state index contributed by atoms with van der Waals surface area (Å²) in [6.45, 7) is 8.96. The van der Waals surface area contributed by atoms with Gasteiger partial charge < -0.3 is 19.4 Å². The zero-order valence-electron chi connectivity index (χ0n) is 17.3. The number of nitrogens with one attached hydrogen (secondary N) is 1. The van der Waals surface area contributed by atoms with E-state index in [1.165, 1.54) is 17.5 Å². The van der Waals surface area contributed by atoms with Crippen LogP contribution in [-0.2, 0) is 0 Å². The summed E-state index contributed by atoms with van der Waals surface area (Å²) in [6.07, 6.45) is 4.21. The number of ether oxygens (including phenoxy) is 2. The highest BCUT2D eigenvalue weighted by atomic mass is 16.5. The van der Waals surface area contributed by atoms with E-state index in [-0.39, 0.29) is 0 Å². The third-order valence-electron chi connectivity index (χ3n) is 5.54. The van der Waals surface area contributed by atoms with Gasteiger partial charge in [0.05, 0.1) is 18.9 Å². The molecule has 1 aliphatic rings. The second-order valence-corrected chi connectivity index (χ2v) is 7.51. The van der Waals surface area contributed by atoms with Crippen LogP contribution in [0, 0.1) is 0 Å². The SMILES string of the molecule is CCOc1ccccc1N1CCN(CCCCOc2ccc3cc[nH]c3c2)CC1. The molecule has 1 saturated heterocycles. The molecule has 0 radical (unpaired) electrons. The summed E-state index contributed by atoms with van der Waals surface area (Å²) in [4.78, 5) is 8.24. The van der Waals surface area contributed by atoms with Crippen LogP contribution in [0.4, 0.5) is 5.69 Å². The van der Waals surface area contributed by atoms with Gasteiger partial charge >= 0.3 is 0 Å². The minimum absolute atomic E-state index is 0.706. The molecule has 154 valence electrons. The van der Waals surface area contributed by atoms with Gasteiger partial charge in [0.2, 0.25) is 0 Å². The summed E-state index contributed by atoms with van der Waals surface area (Å²) in [5, 5.41) is 1.22. The third kappa shape index (κ3) is 5.04. The van der Waals surface area contributed by atoms with Gasteiger partial charge in [-0.05, 0) is 62.0 Å². The normalized spacial score (nSPS) is 15.0. The van der Waals surface area contributed by atoms with Crippen molar-refractivity contribution >= 4 is 16.6 Å². The van der Waals surface area contributed by atoms with Crippen LogP contribution < -0.4 is 14.4 Å². The molecule has 0 bridgehead atoms. The third-order valence-corrected chi connectivity index (χ3v) is 5.54. The van der Waals surface area contributed by atoms with Crippen LogP contribution in [0.15, 0.2) is 54.7 Å². The van der Waals surface area contributed by atoms with Gasteiger partial charge in [-0.3, -0.25) is 4.90 Å². The number of hydrogen-bond acceptors (Lipinski definition) is 4. The van der Waals surface area contributed by atoms with Gasteiger partial charge in [-0.1, -0.05) is 12.1 Å². The smallest absolute Gasteiger partial charge is 0.142 e. The van der Waals surface area contributed by atoms with Gasteiger partial charge in [-0.2, -0.15) is 0 Å². The molecule has 4 rings (SSSR count). The maximum Gasteiger partial charge on any atom is 0.142 e.